The molecule has 4 aromatic heterocycles. The number of rotatable bonds is 5. The van der Waals surface area contributed by atoms with E-state index in [1.807, 2.05) is 24.7 Å². The number of nitrogens with one attached hydrogen (secondary N) is 1. The molecule has 0 atom stereocenters. The van der Waals surface area contributed by atoms with Gasteiger partial charge in [0.15, 0.2) is 11.5 Å². The van der Waals surface area contributed by atoms with Crippen LogP contribution in [0.4, 0.5) is 0 Å². The van der Waals surface area contributed by atoms with Crippen LogP contribution in [0.2, 0.25) is 5.15 Å². The number of tetrazole rings is 1. The van der Waals surface area contributed by atoms with Gasteiger partial charge in [-0.15, -0.1) is 5.10 Å². The fraction of sp³-hybridized carbons (Fsp3) is 0.261. The summed E-state index contributed by atoms with van der Waals surface area (Å²) in [6.07, 6.45) is 2.77. The normalized spacial score (nSPS) is 11.5. The highest BCUT2D eigenvalue weighted by Gasteiger charge is 2.19. The van der Waals surface area contributed by atoms with Crippen molar-refractivity contribution in [1.82, 2.24) is 39.7 Å². The summed E-state index contributed by atoms with van der Waals surface area (Å²) >= 11 is 6.61. The van der Waals surface area contributed by atoms with Crippen molar-refractivity contribution in [2.75, 3.05) is 0 Å². The number of fused-ring (bicyclic) bond motifs is 1. The first-order chi connectivity index (χ1) is 15.5. The van der Waals surface area contributed by atoms with E-state index >= 15 is 0 Å². The minimum Gasteiger partial charge on any atom is -0.341 e. The first kappa shape index (κ1) is 20.4. The van der Waals surface area contributed by atoms with Crippen molar-refractivity contribution in [1.29, 1.82) is 0 Å². The van der Waals surface area contributed by atoms with Gasteiger partial charge in [0.05, 0.1) is 6.54 Å². The molecule has 1 aromatic carbocycles. The van der Waals surface area contributed by atoms with Crippen molar-refractivity contribution in [2.45, 2.75) is 33.7 Å². The molecule has 4 heterocycles. The zero-order valence-electron chi connectivity index (χ0n) is 18.4. The smallest absolute Gasteiger partial charge is 0.181 e. The predicted molar refractivity (Wildman–Crippen MR) is 125 cm³/mol. The second kappa shape index (κ2) is 7.87. The third-order valence-electron chi connectivity index (χ3n) is 5.71. The molecule has 0 bridgehead atoms. The molecule has 5 aromatic rings. The van der Waals surface area contributed by atoms with Crippen molar-refractivity contribution in [3.05, 3.63) is 64.3 Å². The molecule has 0 spiro atoms. The standard InChI is InChI=1S/C23H23ClN8/c1-5-18-26-20-13(2)10-14(3)25-23(20)32(18)11-15-6-8-16(9-7-15)19-17(12-31(4)21(19)24)22-27-29-30-28-22/h6-10,12H,5,11H2,1-4H3,(H,27,28,29,30). The van der Waals surface area contributed by atoms with Gasteiger partial charge in [0.2, 0.25) is 0 Å². The summed E-state index contributed by atoms with van der Waals surface area (Å²) in [7, 11) is 1.90. The Morgan fingerprint density at radius 3 is 2.56 bits per heavy atom. The number of hydrogen-bond acceptors (Lipinski definition) is 5. The highest BCUT2D eigenvalue weighted by Crippen LogP contribution is 2.37. The number of nitrogens with zero attached hydrogens (tertiary/aromatic N) is 7. The molecular weight excluding hydrogens is 424 g/mol. The minimum atomic E-state index is 0.584. The molecule has 0 aliphatic rings. The summed E-state index contributed by atoms with van der Waals surface area (Å²) in [6.45, 7) is 6.95. The van der Waals surface area contributed by atoms with Crippen molar-refractivity contribution < 1.29 is 0 Å². The Bertz CT molecular complexity index is 1410. The van der Waals surface area contributed by atoms with Gasteiger partial charge in [-0.05, 0) is 47.0 Å². The first-order valence-electron chi connectivity index (χ1n) is 10.5. The van der Waals surface area contributed by atoms with E-state index in [4.69, 9.17) is 21.6 Å². The summed E-state index contributed by atoms with van der Waals surface area (Å²) in [5, 5.41) is 14.9. The molecule has 0 aliphatic heterocycles. The number of aromatic amines is 1. The number of pyridine rings is 1. The van der Waals surface area contributed by atoms with Crippen molar-refractivity contribution in [2.24, 2.45) is 7.05 Å². The molecule has 0 saturated carbocycles. The Hall–Kier alpha value is -3.52. The first-order valence-corrected chi connectivity index (χ1v) is 10.9. The lowest BCUT2D eigenvalue weighted by molar-refractivity contribution is 0.745. The van der Waals surface area contributed by atoms with Gasteiger partial charge in [0, 0.05) is 36.5 Å². The van der Waals surface area contributed by atoms with Gasteiger partial charge >= 0.3 is 0 Å². The molecule has 32 heavy (non-hydrogen) atoms. The molecular formula is C23H23ClN8. The van der Waals surface area contributed by atoms with Crippen molar-refractivity contribution >= 4 is 22.8 Å². The van der Waals surface area contributed by atoms with Crippen LogP contribution in [0.3, 0.4) is 0 Å². The maximum Gasteiger partial charge on any atom is 0.181 e. The number of imidazole rings is 1. The zero-order valence-corrected chi connectivity index (χ0v) is 19.1. The van der Waals surface area contributed by atoms with Gasteiger partial charge in [0.25, 0.3) is 0 Å². The number of aromatic nitrogens is 8. The fourth-order valence-corrected chi connectivity index (χ4v) is 4.43. The molecule has 0 amide bonds. The number of hydrogen-bond donors (Lipinski definition) is 1. The molecule has 0 radical (unpaired) electrons. The molecule has 0 fully saturated rings. The lowest BCUT2D eigenvalue weighted by Gasteiger charge is -2.10. The molecule has 0 unspecified atom stereocenters. The second-order valence-electron chi connectivity index (χ2n) is 7.99. The number of aryl methyl sites for hydroxylation is 4. The van der Waals surface area contributed by atoms with Gasteiger partial charge < -0.3 is 9.13 Å². The Kier molecular flexibility index (Phi) is 5.01. The lowest BCUT2D eigenvalue weighted by Crippen LogP contribution is -2.05. The minimum absolute atomic E-state index is 0.584. The maximum atomic E-state index is 6.61. The largest absolute Gasteiger partial charge is 0.341 e. The van der Waals surface area contributed by atoms with Crippen LogP contribution in [0.5, 0.6) is 0 Å². The van der Waals surface area contributed by atoms with Crippen LogP contribution >= 0.6 is 11.6 Å². The molecule has 9 heteroatoms. The third kappa shape index (κ3) is 3.36. The van der Waals surface area contributed by atoms with Gasteiger partial charge in [-0.25, -0.2) is 15.1 Å². The third-order valence-corrected chi connectivity index (χ3v) is 6.16. The molecule has 8 nitrogen and oxygen atoms in total. The SMILES string of the molecule is CCc1nc2c(C)cc(C)nc2n1Cc1ccc(-c2c(-c3nnn[nH]3)cn(C)c2Cl)cc1. The Morgan fingerprint density at radius 2 is 1.88 bits per heavy atom. The molecule has 0 aliphatic carbocycles. The van der Waals surface area contributed by atoms with E-state index in [1.165, 1.54) is 5.56 Å². The van der Waals surface area contributed by atoms with E-state index in [1.54, 1.807) is 0 Å². The lowest BCUT2D eigenvalue weighted by atomic mass is 10.0. The Morgan fingerprint density at radius 1 is 1.09 bits per heavy atom. The molecule has 5 rings (SSSR count). The highest BCUT2D eigenvalue weighted by molar-refractivity contribution is 6.33. The number of halogens is 1. The summed E-state index contributed by atoms with van der Waals surface area (Å²) in [4.78, 5) is 9.62. The molecule has 162 valence electrons. The molecule has 1 N–H and O–H groups in total. The van der Waals surface area contributed by atoms with Crippen LogP contribution in [0, 0.1) is 13.8 Å². The van der Waals surface area contributed by atoms with Crippen LogP contribution in [-0.2, 0) is 20.0 Å². The highest BCUT2D eigenvalue weighted by atomic mass is 35.5. The van der Waals surface area contributed by atoms with Crippen LogP contribution in [0.1, 0.15) is 29.6 Å². The van der Waals surface area contributed by atoms with Crippen LogP contribution in [-0.4, -0.2) is 39.7 Å². The molecule has 0 saturated heterocycles. The topological polar surface area (TPSA) is 90.1 Å². The average molecular weight is 447 g/mol. The summed E-state index contributed by atoms with van der Waals surface area (Å²) in [6, 6.07) is 10.5. The summed E-state index contributed by atoms with van der Waals surface area (Å²) < 4.78 is 4.08. The van der Waals surface area contributed by atoms with Crippen LogP contribution in [0.15, 0.2) is 36.5 Å². The van der Waals surface area contributed by atoms with Gasteiger partial charge in [0.1, 0.15) is 16.5 Å². The number of H-pyrrole nitrogens is 1. The van der Waals surface area contributed by atoms with Crippen molar-refractivity contribution in [3.8, 4) is 22.5 Å². The van der Waals surface area contributed by atoms with E-state index in [-0.39, 0.29) is 0 Å². The van der Waals surface area contributed by atoms with Crippen LogP contribution < -0.4 is 0 Å². The van der Waals surface area contributed by atoms with E-state index < -0.39 is 0 Å². The Balaban J connectivity index is 1.53. The fourth-order valence-electron chi connectivity index (χ4n) is 4.17. The van der Waals surface area contributed by atoms with Gasteiger partial charge in [-0.1, -0.05) is 42.8 Å². The average Bonchev–Trinajstić information content (AvgIpc) is 3.49. The van der Waals surface area contributed by atoms with Crippen LogP contribution in [0.25, 0.3) is 33.7 Å². The summed E-state index contributed by atoms with van der Waals surface area (Å²) in [5.74, 6) is 1.62. The maximum absolute atomic E-state index is 6.61. The van der Waals surface area contributed by atoms with Gasteiger partial charge in [-0.3, -0.25) is 0 Å². The monoisotopic (exact) mass is 446 g/mol. The second-order valence-corrected chi connectivity index (χ2v) is 8.34. The Labute approximate surface area is 190 Å². The van der Waals surface area contributed by atoms with Crippen molar-refractivity contribution in [3.63, 3.8) is 0 Å². The summed E-state index contributed by atoms with van der Waals surface area (Å²) in [5.41, 5.74) is 8.00. The number of benzene rings is 1. The predicted octanol–water partition coefficient (Wildman–Crippen LogP) is 4.50. The quantitative estimate of drug-likeness (QED) is 0.429. The van der Waals surface area contributed by atoms with E-state index in [0.29, 0.717) is 17.5 Å². The van der Waals surface area contributed by atoms with E-state index in [9.17, 15) is 0 Å². The van der Waals surface area contributed by atoms with E-state index in [0.717, 1.165) is 51.4 Å². The van der Waals surface area contributed by atoms with E-state index in [2.05, 4.69) is 69.4 Å². The zero-order chi connectivity index (χ0) is 22.4. The van der Waals surface area contributed by atoms with Gasteiger partial charge in [-0.2, -0.15) is 0 Å².